The van der Waals surface area contributed by atoms with E-state index in [2.05, 4.69) is 16.3 Å². The first-order chi connectivity index (χ1) is 12.0. The molecule has 1 aromatic carbocycles. The number of aliphatic carboxylic acids is 1. The highest BCUT2D eigenvalue weighted by Gasteiger charge is 2.28. The van der Waals surface area contributed by atoms with Gasteiger partial charge >= 0.3 is 12.0 Å². The maximum atomic E-state index is 12.3. The number of nitrogens with one attached hydrogen (secondary N) is 1. The predicted octanol–water partition coefficient (Wildman–Crippen LogP) is 2.48. The van der Waals surface area contributed by atoms with Gasteiger partial charge in [-0.3, -0.25) is 0 Å². The number of piperazine rings is 1. The molecule has 2 unspecified atom stereocenters. The van der Waals surface area contributed by atoms with Crippen LogP contribution < -0.4 is 5.32 Å². The van der Waals surface area contributed by atoms with Gasteiger partial charge in [0.05, 0.1) is 0 Å². The number of carbonyl (C=O) groups is 2. The zero-order valence-corrected chi connectivity index (χ0v) is 14.9. The number of nitrogens with zero attached hydrogens (tertiary/aromatic N) is 2. The molecule has 25 heavy (non-hydrogen) atoms. The third kappa shape index (κ3) is 5.52. The minimum absolute atomic E-state index is 0.100. The van der Waals surface area contributed by atoms with Crippen molar-refractivity contribution >= 4 is 18.1 Å². The molecule has 0 saturated carbocycles. The summed E-state index contributed by atoms with van der Waals surface area (Å²) in [6.45, 7) is 6.39. The van der Waals surface area contributed by atoms with Crippen LogP contribution in [0.25, 0.3) is 6.08 Å². The highest BCUT2D eigenvalue weighted by Crippen LogP contribution is 2.10. The van der Waals surface area contributed by atoms with Gasteiger partial charge in [-0.2, -0.15) is 0 Å². The van der Waals surface area contributed by atoms with Gasteiger partial charge in [-0.15, -0.1) is 0 Å². The number of urea groups is 1. The summed E-state index contributed by atoms with van der Waals surface area (Å²) in [6, 6.07) is 8.93. The lowest BCUT2D eigenvalue weighted by atomic mass is 9.99. The third-order valence-corrected chi connectivity index (χ3v) is 4.64. The zero-order chi connectivity index (χ0) is 18.2. The smallest absolute Gasteiger partial charge is 0.326 e. The monoisotopic (exact) mass is 345 g/mol. The first-order valence-electron chi connectivity index (χ1n) is 8.76. The summed E-state index contributed by atoms with van der Waals surface area (Å²) in [5.74, 6) is -1.08. The number of rotatable bonds is 6. The predicted molar refractivity (Wildman–Crippen MR) is 98.0 cm³/mol. The van der Waals surface area contributed by atoms with E-state index < -0.39 is 12.0 Å². The van der Waals surface area contributed by atoms with Gasteiger partial charge in [-0.25, -0.2) is 9.59 Å². The Hall–Kier alpha value is -2.50. The second kappa shape index (κ2) is 9.11. The van der Waals surface area contributed by atoms with Crippen LogP contribution in [0.4, 0.5) is 4.79 Å². The molecule has 0 radical (unpaired) electrons. The quantitative estimate of drug-likeness (QED) is 0.831. The molecule has 1 saturated heterocycles. The highest BCUT2D eigenvalue weighted by molar-refractivity contribution is 5.82. The van der Waals surface area contributed by atoms with Crippen molar-refractivity contribution in [1.29, 1.82) is 0 Å². The second-order valence-corrected chi connectivity index (χ2v) is 6.40. The molecule has 1 heterocycles. The lowest BCUT2D eigenvalue weighted by Gasteiger charge is -2.35. The van der Waals surface area contributed by atoms with Crippen LogP contribution in [0.15, 0.2) is 36.5 Å². The molecule has 0 aliphatic carbocycles. The van der Waals surface area contributed by atoms with E-state index in [1.54, 1.807) is 4.90 Å². The number of carboxylic acids is 1. The molecular weight excluding hydrogens is 318 g/mol. The van der Waals surface area contributed by atoms with Crippen molar-refractivity contribution in [1.82, 2.24) is 15.1 Å². The molecule has 2 N–H and O–H groups in total. The Morgan fingerprint density at radius 3 is 2.40 bits per heavy atom. The van der Waals surface area contributed by atoms with Gasteiger partial charge in [0.1, 0.15) is 6.04 Å². The molecule has 2 amide bonds. The van der Waals surface area contributed by atoms with Gasteiger partial charge in [0, 0.05) is 26.2 Å². The van der Waals surface area contributed by atoms with Crippen molar-refractivity contribution in [2.45, 2.75) is 26.3 Å². The lowest BCUT2D eigenvalue weighted by Crippen LogP contribution is -2.55. The lowest BCUT2D eigenvalue weighted by molar-refractivity contribution is -0.140. The van der Waals surface area contributed by atoms with E-state index >= 15 is 0 Å². The Labute approximate surface area is 149 Å². The fourth-order valence-corrected chi connectivity index (χ4v) is 2.74. The number of carboxylic acid groups (broad SMARTS) is 1. The summed E-state index contributed by atoms with van der Waals surface area (Å²) >= 11 is 0. The van der Waals surface area contributed by atoms with Gasteiger partial charge in [-0.1, -0.05) is 50.6 Å². The zero-order valence-electron chi connectivity index (χ0n) is 14.9. The van der Waals surface area contributed by atoms with Crippen LogP contribution >= 0.6 is 0 Å². The van der Waals surface area contributed by atoms with E-state index in [9.17, 15) is 14.7 Å². The highest BCUT2D eigenvalue weighted by atomic mass is 16.4. The largest absolute Gasteiger partial charge is 0.480 e. The molecule has 1 aliphatic heterocycles. The maximum absolute atomic E-state index is 12.3. The van der Waals surface area contributed by atoms with E-state index in [-0.39, 0.29) is 11.9 Å². The molecule has 0 aromatic heterocycles. The summed E-state index contributed by atoms with van der Waals surface area (Å²) in [7, 11) is 0. The number of carbonyl (C=O) groups excluding carboxylic acids is 1. The molecule has 6 heteroatoms. The van der Waals surface area contributed by atoms with Gasteiger partial charge in [0.15, 0.2) is 0 Å². The summed E-state index contributed by atoms with van der Waals surface area (Å²) in [5, 5.41) is 12.0. The van der Waals surface area contributed by atoms with E-state index in [0.717, 1.165) is 18.7 Å². The van der Waals surface area contributed by atoms with Gasteiger partial charge in [0.25, 0.3) is 0 Å². The molecule has 1 aromatic rings. The molecular formula is C19H27N3O3. The summed E-state index contributed by atoms with van der Waals surface area (Å²) in [5.41, 5.74) is 1.14. The molecule has 0 bridgehead atoms. The Balaban J connectivity index is 1.83. The van der Waals surface area contributed by atoms with Crippen LogP contribution in [0, 0.1) is 5.92 Å². The van der Waals surface area contributed by atoms with Crippen LogP contribution in [0.2, 0.25) is 0 Å². The van der Waals surface area contributed by atoms with E-state index in [1.807, 2.05) is 50.4 Å². The average molecular weight is 345 g/mol. The standard InChI is InChI=1S/C19H27N3O3/c1-3-15(2)17(18(23)24)20-19(25)22-13-11-21(12-14-22)10-9-16-7-5-4-6-8-16/h4-10,15,17H,3,11-14H2,1-2H3,(H,20,25)(H,23,24). The number of amides is 2. The first-order valence-corrected chi connectivity index (χ1v) is 8.76. The van der Waals surface area contributed by atoms with Crippen molar-refractivity contribution in [3.8, 4) is 0 Å². The van der Waals surface area contributed by atoms with E-state index in [1.165, 1.54) is 0 Å². The fourth-order valence-electron chi connectivity index (χ4n) is 2.74. The molecule has 6 nitrogen and oxygen atoms in total. The van der Waals surface area contributed by atoms with E-state index in [4.69, 9.17) is 0 Å². The van der Waals surface area contributed by atoms with Crippen molar-refractivity contribution in [2.75, 3.05) is 26.2 Å². The number of hydrogen-bond donors (Lipinski definition) is 2. The van der Waals surface area contributed by atoms with Crippen LogP contribution in [0.3, 0.4) is 0 Å². The van der Waals surface area contributed by atoms with Gasteiger partial charge < -0.3 is 20.2 Å². The summed E-state index contributed by atoms with van der Waals surface area (Å²) in [6.07, 6.45) is 4.80. The van der Waals surface area contributed by atoms with Crippen LogP contribution in [-0.4, -0.2) is 59.1 Å². The maximum Gasteiger partial charge on any atom is 0.326 e. The Bertz CT molecular complexity index is 595. The minimum atomic E-state index is -0.980. The topological polar surface area (TPSA) is 72.9 Å². The first kappa shape index (κ1) is 18.8. The van der Waals surface area contributed by atoms with Gasteiger partial charge in [0.2, 0.25) is 0 Å². The summed E-state index contributed by atoms with van der Waals surface area (Å²) < 4.78 is 0. The minimum Gasteiger partial charge on any atom is -0.480 e. The second-order valence-electron chi connectivity index (χ2n) is 6.40. The molecule has 2 rings (SSSR count). The fraction of sp³-hybridized carbons (Fsp3) is 0.474. The normalized spacial score (nSPS) is 17.4. The van der Waals surface area contributed by atoms with Crippen molar-refractivity contribution in [2.24, 2.45) is 5.92 Å². The molecule has 2 atom stereocenters. The van der Waals surface area contributed by atoms with Crippen molar-refractivity contribution < 1.29 is 14.7 Å². The van der Waals surface area contributed by atoms with Crippen LogP contribution in [0.5, 0.6) is 0 Å². The Kier molecular flexibility index (Phi) is 6.86. The Morgan fingerprint density at radius 2 is 1.84 bits per heavy atom. The average Bonchev–Trinajstić information content (AvgIpc) is 2.64. The van der Waals surface area contributed by atoms with Crippen molar-refractivity contribution in [3.05, 3.63) is 42.1 Å². The van der Waals surface area contributed by atoms with Crippen molar-refractivity contribution in [3.63, 3.8) is 0 Å². The Morgan fingerprint density at radius 1 is 1.20 bits per heavy atom. The van der Waals surface area contributed by atoms with Crippen LogP contribution in [0.1, 0.15) is 25.8 Å². The summed E-state index contributed by atoms with van der Waals surface area (Å²) in [4.78, 5) is 27.5. The SMILES string of the molecule is CCC(C)C(NC(=O)N1CCN(C=Cc2ccccc2)CC1)C(=O)O. The third-order valence-electron chi connectivity index (χ3n) is 4.64. The van der Waals surface area contributed by atoms with Crippen LogP contribution in [-0.2, 0) is 4.79 Å². The van der Waals surface area contributed by atoms with Gasteiger partial charge in [-0.05, 0) is 23.8 Å². The molecule has 0 spiro atoms. The number of benzene rings is 1. The molecule has 136 valence electrons. The van der Waals surface area contributed by atoms with E-state index in [0.29, 0.717) is 19.5 Å². The molecule has 1 fully saturated rings. The number of hydrogen-bond acceptors (Lipinski definition) is 3. The molecule has 1 aliphatic rings.